The fraction of sp³-hybridized carbons (Fsp3) is 0.571. The Morgan fingerprint density at radius 3 is 2.79 bits per heavy atom. The van der Waals surface area contributed by atoms with E-state index in [1.54, 1.807) is 0 Å². The number of pyridine rings is 1. The summed E-state index contributed by atoms with van der Waals surface area (Å²) < 4.78 is 0. The van der Waals surface area contributed by atoms with Crippen LogP contribution < -0.4 is 11.1 Å². The minimum absolute atomic E-state index is 0.262. The van der Waals surface area contributed by atoms with Crippen molar-refractivity contribution in [3.8, 4) is 0 Å². The molecule has 0 aliphatic carbocycles. The van der Waals surface area contributed by atoms with Crippen molar-refractivity contribution >= 4 is 5.84 Å². The lowest BCUT2D eigenvalue weighted by atomic mass is 9.86. The zero-order chi connectivity index (χ0) is 14.3. The summed E-state index contributed by atoms with van der Waals surface area (Å²) in [6.45, 7) is 7.65. The third-order valence-corrected chi connectivity index (χ3v) is 3.26. The lowest BCUT2D eigenvalue weighted by Gasteiger charge is -2.22. The van der Waals surface area contributed by atoms with Crippen molar-refractivity contribution < 1.29 is 5.21 Å². The summed E-state index contributed by atoms with van der Waals surface area (Å²) in [7, 11) is 0. The molecule has 0 unspecified atom stereocenters. The SMILES string of the molecule is Cc1ccc(CNCCCC(C)(C)C(N)=NO)cn1. The molecule has 0 amide bonds. The fourth-order valence-electron chi connectivity index (χ4n) is 1.75. The Kier molecular flexibility index (Phi) is 5.76. The molecule has 106 valence electrons. The Bertz CT molecular complexity index is 412. The van der Waals surface area contributed by atoms with E-state index >= 15 is 0 Å². The number of amidine groups is 1. The second kappa shape index (κ2) is 7.09. The van der Waals surface area contributed by atoms with Gasteiger partial charge in [0.15, 0.2) is 0 Å². The number of hydrogen-bond donors (Lipinski definition) is 3. The van der Waals surface area contributed by atoms with Gasteiger partial charge in [-0.15, -0.1) is 0 Å². The summed E-state index contributed by atoms with van der Waals surface area (Å²) in [5.74, 6) is 0.287. The highest BCUT2D eigenvalue weighted by Crippen LogP contribution is 2.21. The monoisotopic (exact) mass is 264 g/mol. The van der Waals surface area contributed by atoms with E-state index in [2.05, 4.69) is 21.5 Å². The van der Waals surface area contributed by atoms with Crippen LogP contribution in [0, 0.1) is 12.3 Å². The van der Waals surface area contributed by atoms with Crippen molar-refractivity contribution in [1.82, 2.24) is 10.3 Å². The molecule has 0 saturated carbocycles. The summed E-state index contributed by atoms with van der Waals surface area (Å²) in [6.07, 6.45) is 3.74. The van der Waals surface area contributed by atoms with E-state index in [9.17, 15) is 0 Å². The maximum absolute atomic E-state index is 8.68. The largest absolute Gasteiger partial charge is 0.409 e. The normalized spacial score (nSPS) is 12.7. The van der Waals surface area contributed by atoms with Crippen LogP contribution in [0.2, 0.25) is 0 Å². The number of aromatic nitrogens is 1. The smallest absolute Gasteiger partial charge is 0.144 e. The molecule has 0 bridgehead atoms. The van der Waals surface area contributed by atoms with E-state index in [1.165, 1.54) is 5.56 Å². The molecular weight excluding hydrogens is 240 g/mol. The molecule has 4 N–H and O–H groups in total. The summed E-state index contributed by atoms with van der Waals surface area (Å²) >= 11 is 0. The second-order valence-electron chi connectivity index (χ2n) is 5.46. The number of aryl methyl sites for hydroxylation is 1. The lowest BCUT2D eigenvalue weighted by molar-refractivity contribution is 0.304. The van der Waals surface area contributed by atoms with E-state index in [4.69, 9.17) is 10.9 Å². The molecule has 5 heteroatoms. The maximum atomic E-state index is 8.68. The van der Waals surface area contributed by atoms with E-state index in [1.807, 2.05) is 33.0 Å². The highest BCUT2D eigenvalue weighted by molar-refractivity contribution is 5.85. The first-order valence-corrected chi connectivity index (χ1v) is 6.56. The van der Waals surface area contributed by atoms with E-state index in [0.717, 1.165) is 31.6 Å². The highest BCUT2D eigenvalue weighted by Gasteiger charge is 2.22. The van der Waals surface area contributed by atoms with Crippen molar-refractivity contribution in [1.29, 1.82) is 0 Å². The molecule has 0 aliphatic heterocycles. The van der Waals surface area contributed by atoms with Crippen LogP contribution >= 0.6 is 0 Å². The Balaban J connectivity index is 2.23. The first-order chi connectivity index (χ1) is 8.95. The molecule has 0 spiro atoms. The molecule has 0 aromatic carbocycles. The number of nitrogens with one attached hydrogen (secondary N) is 1. The van der Waals surface area contributed by atoms with Gasteiger partial charge in [0.2, 0.25) is 0 Å². The summed E-state index contributed by atoms with van der Waals surface area (Å²) in [6, 6.07) is 4.09. The highest BCUT2D eigenvalue weighted by atomic mass is 16.4. The lowest BCUT2D eigenvalue weighted by Crippen LogP contribution is -2.32. The van der Waals surface area contributed by atoms with Gasteiger partial charge < -0.3 is 16.3 Å². The number of hydrogen-bond acceptors (Lipinski definition) is 4. The van der Waals surface area contributed by atoms with Gasteiger partial charge in [-0.3, -0.25) is 4.98 Å². The minimum Gasteiger partial charge on any atom is -0.409 e. The van der Waals surface area contributed by atoms with Gasteiger partial charge in [0.05, 0.1) is 0 Å². The average molecular weight is 264 g/mol. The fourth-order valence-corrected chi connectivity index (χ4v) is 1.75. The summed E-state index contributed by atoms with van der Waals surface area (Å²) in [5.41, 5.74) is 7.59. The molecule has 0 aliphatic rings. The van der Waals surface area contributed by atoms with Gasteiger partial charge in [-0.05, 0) is 37.9 Å². The zero-order valence-electron chi connectivity index (χ0n) is 12.0. The van der Waals surface area contributed by atoms with E-state index < -0.39 is 0 Å². The Labute approximate surface area is 114 Å². The van der Waals surface area contributed by atoms with E-state index in [-0.39, 0.29) is 11.3 Å². The molecule has 1 aromatic heterocycles. The first-order valence-electron chi connectivity index (χ1n) is 6.56. The minimum atomic E-state index is -0.262. The van der Waals surface area contributed by atoms with Crippen LogP contribution in [-0.2, 0) is 6.54 Å². The topological polar surface area (TPSA) is 83.5 Å². The van der Waals surface area contributed by atoms with Gasteiger partial charge in [-0.1, -0.05) is 25.1 Å². The van der Waals surface area contributed by atoms with Crippen LogP contribution in [0.4, 0.5) is 0 Å². The van der Waals surface area contributed by atoms with Crippen molar-refractivity contribution in [2.45, 2.75) is 40.2 Å². The molecule has 19 heavy (non-hydrogen) atoms. The Morgan fingerprint density at radius 1 is 1.47 bits per heavy atom. The number of rotatable bonds is 7. The standard InChI is InChI=1S/C14H24N4O/c1-11-5-6-12(10-17-11)9-16-8-4-7-14(2,3)13(15)18-19/h5-6,10,16,19H,4,7-9H2,1-3H3,(H2,15,18). The van der Waals surface area contributed by atoms with E-state index in [0.29, 0.717) is 0 Å². The third kappa shape index (κ3) is 5.26. The number of nitrogens with zero attached hydrogens (tertiary/aromatic N) is 2. The van der Waals surface area contributed by atoms with Crippen LogP contribution in [0.15, 0.2) is 23.5 Å². The van der Waals surface area contributed by atoms with Crippen LogP contribution in [0.5, 0.6) is 0 Å². The van der Waals surface area contributed by atoms with Crippen molar-refractivity contribution in [3.05, 3.63) is 29.6 Å². The van der Waals surface area contributed by atoms with Gasteiger partial charge in [0.1, 0.15) is 5.84 Å². The van der Waals surface area contributed by atoms with Crippen LogP contribution in [0.1, 0.15) is 37.9 Å². The first kappa shape index (κ1) is 15.4. The molecule has 5 nitrogen and oxygen atoms in total. The second-order valence-corrected chi connectivity index (χ2v) is 5.46. The molecule has 1 aromatic rings. The molecule has 1 heterocycles. The molecule has 1 rings (SSSR count). The summed E-state index contributed by atoms with van der Waals surface area (Å²) in [5, 5.41) is 15.1. The van der Waals surface area contributed by atoms with Gasteiger partial charge >= 0.3 is 0 Å². The van der Waals surface area contributed by atoms with Crippen molar-refractivity contribution in [3.63, 3.8) is 0 Å². The van der Waals surface area contributed by atoms with Gasteiger partial charge in [0.25, 0.3) is 0 Å². The van der Waals surface area contributed by atoms with Gasteiger partial charge in [-0.25, -0.2) is 0 Å². The Morgan fingerprint density at radius 2 is 2.21 bits per heavy atom. The summed E-state index contributed by atoms with van der Waals surface area (Å²) in [4.78, 5) is 4.25. The predicted octanol–water partition coefficient (Wildman–Crippen LogP) is 2.03. The van der Waals surface area contributed by atoms with Gasteiger partial charge in [0, 0.05) is 23.9 Å². The zero-order valence-corrected chi connectivity index (χ0v) is 12.0. The number of nitrogens with two attached hydrogens (primary N) is 1. The quantitative estimate of drug-likeness (QED) is 0.231. The van der Waals surface area contributed by atoms with Gasteiger partial charge in [-0.2, -0.15) is 0 Å². The third-order valence-electron chi connectivity index (χ3n) is 3.26. The van der Waals surface area contributed by atoms with Crippen molar-refractivity contribution in [2.24, 2.45) is 16.3 Å². The molecular formula is C14H24N4O. The Hall–Kier alpha value is -1.62. The predicted molar refractivity (Wildman–Crippen MR) is 77.1 cm³/mol. The molecule has 0 saturated heterocycles. The van der Waals surface area contributed by atoms with Crippen LogP contribution in [-0.4, -0.2) is 22.6 Å². The molecule has 0 fully saturated rings. The van der Waals surface area contributed by atoms with Crippen LogP contribution in [0.25, 0.3) is 0 Å². The molecule has 0 radical (unpaired) electrons. The van der Waals surface area contributed by atoms with Crippen LogP contribution in [0.3, 0.4) is 0 Å². The number of oxime groups is 1. The molecule has 0 atom stereocenters. The van der Waals surface area contributed by atoms with Crippen molar-refractivity contribution in [2.75, 3.05) is 6.54 Å². The average Bonchev–Trinajstić information content (AvgIpc) is 2.39. The maximum Gasteiger partial charge on any atom is 0.144 e.